The van der Waals surface area contributed by atoms with Gasteiger partial charge in [0, 0.05) is 24.8 Å². The summed E-state index contributed by atoms with van der Waals surface area (Å²) in [5.41, 5.74) is 1.05. The van der Waals surface area contributed by atoms with Crippen LogP contribution in [0.4, 0.5) is 5.69 Å². The molecule has 0 spiro atoms. The summed E-state index contributed by atoms with van der Waals surface area (Å²) in [5, 5.41) is 9.53. The van der Waals surface area contributed by atoms with Crippen molar-refractivity contribution < 1.29 is 9.84 Å². The molecular weight excluding hydrogens is 246 g/mol. The van der Waals surface area contributed by atoms with Gasteiger partial charge in [0.2, 0.25) is 0 Å². The van der Waals surface area contributed by atoms with Crippen LogP contribution in [0.2, 0.25) is 0 Å². The first-order chi connectivity index (χ1) is 6.77. The van der Waals surface area contributed by atoms with Crippen molar-refractivity contribution in [3.8, 4) is 5.75 Å². The highest BCUT2D eigenvalue weighted by atomic mass is 79.9. The molecule has 0 aliphatic carbocycles. The lowest BCUT2D eigenvalue weighted by Gasteiger charge is -2.28. The number of halogens is 1. The Labute approximate surface area is 91.4 Å². The van der Waals surface area contributed by atoms with Crippen molar-refractivity contribution >= 4 is 21.6 Å². The molecule has 2 rings (SSSR count). The van der Waals surface area contributed by atoms with Gasteiger partial charge in [0.1, 0.15) is 5.75 Å². The number of morpholine rings is 1. The Morgan fingerprint density at radius 2 is 2.00 bits per heavy atom. The van der Waals surface area contributed by atoms with E-state index in [2.05, 4.69) is 20.8 Å². The number of phenolic OH excluding ortho intramolecular Hbond substituents is 1. The van der Waals surface area contributed by atoms with Crippen LogP contribution in [-0.4, -0.2) is 31.4 Å². The number of benzene rings is 1. The topological polar surface area (TPSA) is 32.7 Å². The SMILES string of the molecule is Oc1cc(N2CCOCC2)ccc1Br. The molecule has 1 saturated heterocycles. The van der Waals surface area contributed by atoms with Crippen molar-refractivity contribution in [3.05, 3.63) is 22.7 Å². The zero-order valence-corrected chi connectivity index (χ0v) is 9.33. The minimum absolute atomic E-state index is 0.286. The summed E-state index contributed by atoms with van der Waals surface area (Å²) in [7, 11) is 0. The van der Waals surface area contributed by atoms with Crippen LogP contribution in [-0.2, 0) is 4.74 Å². The van der Waals surface area contributed by atoms with E-state index in [9.17, 15) is 5.11 Å². The van der Waals surface area contributed by atoms with Gasteiger partial charge < -0.3 is 14.7 Å². The molecule has 0 atom stereocenters. The summed E-state index contributed by atoms with van der Waals surface area (Å²) in [5.74, 6) is 0.286. The molecule has 0 saturated carbocycles. The number of nitrogens with zero attached hydrogens (tertiary/aromatic N) is 1. The molecule has 0 bridgehead atoms. The molecular formula is C10H12BrNO2. The zero-order valence-electron chi connectivity index (χ0n) is 7.74. The largest absolute Gasteiger partial charge is 0.507 e. The van der Waals surface area contributed by atoms with Crippen molar-refractivity contribution in [2.24, 2.45) is 0 Å². The van der Waals surface area contributed by atoms with Gasteiger partial charge in [-0.2, -0.15) is 0 Å². The maximum atomic E-state index is 9.53. The van der Waals surface area contributed by atoms with Gasteiger partial charge in [-0.3, -0.25) is 0 Å². The highest BCUT2D eigenvalue weighted by molar-refractivity contribution is 9.10. The van der Waals surface area contributed by atoms with Gasteiger partial charge in [0.05, 0.1) is 17.7 Å². The predicted octanol–water partition coefficient (Wildman–Crippen LogP) is 1.99. The van der Waals surface area contributed by atoms with Crippen LogP contribution in [0.5, 0.6) is 5.75 Å². The van der Waals surface area contributed by atoms with E-state index in [1.54, 1.807) is 6.07 Å². The molecule has 1 aromatic rings. The smallest absolute Gasteiger partial charge is 0.131 e. The van der Waals surface area contributed by atoms with Crippen molar-refractivity contribution in [2.45, 2.75) is 0 Å². The third kappa shape index (κ3) is 2.01. The van der Waals surface area contributed by atoms with Gasteiger partial charge in [-0.25, -0.2) is 0 Å². The van der Waals surface area contributed by atoms with E-state index >= 15 is 0 Å². The number of ether oxygens (including phenoxy) is 1. The lowest BCUT2D eigenvalue weighted by Crippen LogP contribution is -2.36. The molecule has 3 nitrogen and oxygen atoms in total. The van der Waals surface area contributed by atoms with Gasteiger partial charge in [0.15, 0.2) is 0 Å². The van der Waals surface area contributed by atoms with E-state index in [1.165, 1.54) is 0 Å². The van der Waals surface area contributed by atoms with E-state index in [1.807, 2.05) is 12.1 Å². The van der Waals surface area contributed by atoms with E-state index < -0.39 is 0 Å². The van der Waals surface area contributed by atoms with Crippen molar-refractivity contribution in [1.29, 1.82) is 0 Å². The molecule has 1 fully saturated rings. The standard InChI is InChI=1S/C10H12BrNO2/c11-9-2-1-8(7-10(9)13)12-3-5-14-6-4-12/h1-2,7,13H,3-6H2. The maximum Gasteiger partial charge on any atom is 0.131 e. The van der Waals surface area contributed by atoms with Gasteiger partial charge in [-0.1, -0.05) is 0 Å². The van der Waals surface area contributed by atoms with E-state index in [0.29, 0.717) is 0 Å². The Balaban J connectivity index is 2.18. The lowest BCUT2D eigenvalue weighted by molar-refractivity contribution is 0.122. The van der Waals surface area contributed by atoms with Crippen LogP contribution in [0.25, 0.3) is 0 Å². The Kier molecular flexibility index (Phi) is 2.93. The van der Waals surface area contributed by atoms with Crippen molar-refractivity contribution in [1.82, 2.24) is 0 Å². The molecule has 0 aromatic heterocycles. The summed E-state index contributed by atoms with van der Waals surface area (Å²) in [6, 6.07) is 5.63. The number of hydrogen-bond acceptors (Lipinski definition) is 3. The fourth-order valence-corrected chi connectivity index (χ4v) is 1.77. The first-order valence-electron chi connectivity index (χ1n) is 4.58. The van der Waals surface area contributed by atoms with Crippen LogP contribution in [0.15, 0.2) is 22.7 Å². The van der Waals surface area contributed by atoms with E-state index in [-0.39, 0.29) is 5.75 Å². The number of phenols is 1. The minimum Gasteiger partial charge on any atom is -0.507 e. The number of hydrogen-bond donors (Lipinski definition) is 1. The van der Waals surface area contributed by atoms with Gasteiger partial charge in [-0.05, 0) is 28.1 Å². The van der Waals surface area contributed by atoms with Gasteiger partial charge in [0.25, 0.3) is 0 Å². The number of rotatable bonds is 1. The average Bonchev–Trinajstić information content (AvgIpc) is 2.23. The van der Waals surface area contributed by atoms with Crippen LogP contribution in [0.1, 0.15) is 0 Å². The summed E-state index contributed by atoms with van der Waals surface area (Å²) >= 11 is 3.26. The third-order valence-electron chi connectivity index (χ3n) is 2.31. The minimum atomic E-state index is 0.286. The summed E-state index contributed by atoms with van der Waals surface area (Å²) in [4.78, 5) is 2.20. The summed E-state index contributed by atoms with van der Waals surface area (Å²) < 4.78 is 5.99. The van der Waals surface area contributed by atoms with Crippen LogP contribution in [0, 0.1) is 0 Å². The monoisotopic (exact) mass is 257 g/mol. The molecule has 1 aliphatic heterocycles. The Hall–Kier alpha value is -0.740. The Morgan fingerprint density at radius 3 is 2.64 bits per heavy atom. The lowest BCUT2D eigenvalue weighted by atomic mass is 10.2. The predicted molar refractivity (Wildman–Crippen MR) is 58.8 cm³/mol. The summed E-state index contributed by atoms with van der Waals surface area (Å²) in [6.45, 7) is 3.30. The molecule has 1 heterocycles. The first-order valence-corrected chi connectivity index (χ1v) is 5.38. The van der Waals surface area contributed by atoms with Gasteiger partial charge >= 0.3 is 0 Å². The highest BCUT2D eigenvalue weighted by Gasteiger charge is 2.11. The second-order valence-corrected chi connectivity index (χ2v) is 4.09. The fourth-order valence-electron chi connectivity index (χ4n) is 1.52. The quantitative estimate of drug-likeness (QED) is 0.836. The Bertz CT molecular complexity index is 324. The number of anilines is 1. The maximum absolute atomic E-state index is 9.53. The molecule has 0 unspecified atom stereocenters. The zero-order chi connectivity index (χ0) is 9.97. The average molecular weight is 258 g/mol. The first kappa shape index (κ1) is 9.80. The van der Waals surface area contributed by atoms with E-state index in [0.717, 1.165) is 36.5 Å². The third-order valence-corrected chi connectivity index (χ3v) is 2.98. The van der Waals surface area contributed by atoms with Crippen LogP contribution < -0.4 is 4.90 Å². The molecule has 14 heavy (non-hydrogen) atoms. The van der Waals surface area contributed by atoms with Crippen molar-refractivity contribution in [3.63, 3.8) is 0 Å². The molecule has 0 amide bonds. The van der Waals surface area contributed by atoms with Crippen LogP contribution >= 0.6 is 15.9 Å². The second-order valence-electron chi connectivity index (χ2n) is 3.24. The molecule has 1 N–H and O–H groups in total. The molecule has 1 aliphatic rings. The molecule has 4 heteroatoms. The second kappa shape index (κ2) is 4.19. The molecule has 1 aromatic carbocycles. The number of aromatic hydroxyl groups is 1. The van der Waals surface area contributed by atoms with E-state index in [4.69, 9.17) is 4.74 Å². The van der Waals surface area contributed by atoms with Crippen molar-refractivity contribution in [2.75, 3.05) is 31.2 Å². The fraction of sp³-hybridized carbons (Fsp3) is 0.400. The van der Waals surface area contributed by atoms with Gasteiger partial charge in [-0.15, -0.1) is 0 Å². The normalized spacial score (nSPS) is 17.1. The Morgan fingerprint density at radius 1 is 1.29 bits per heavy atom. The molecule has 0 radical (unpaired) electrons. The highest BCUT2D eigenvalue weighted by Crippen LogP contribution is 2.28. The summed E-state index contributed by atoms with van der Waals surface area (Å²) in [6.07, 6.45) is 0. The molecule has 76 valence electrons. The van der Waals surface area contributed by atoms with Crippen LogP contribution in [0.3, 0.4) is 0 Å².